The normalized spacial score (nSPS) is 10.8. The molecule has 32 heavy (non-hydrogen) atoms. The van der Waals surface area contributed by atoms with Crippen LogP contribution in [0.15, 0.2) is 77.7 Å². The molecule has 0 aliphatic rings. The first-order valence-corrected chi connectivity index (χ1v) is 10.6. The van der Waals surface area contributed by atoms with Crippen LogP contribution in [0.3, 0.4) is 0 Å². The molecule has 0 fully saturated rings. The van der Waals surface area contributed by atoms with Crippen LogP contribution in [0.4, 0.5) is 5.69 Å². The van der Waals surface area contributed by atoms with Crippen LogP contribution < -0.4 is 15.0 Å². The van der Waals surface area contributed by atoms with Gasteiger partial charge in [0.05, 0.1) is 4.92 Å². The second kappa shape index (κ2) is 9.45. The quantitative estimate of drug-likeness (QED) is 0.316. The molecule has 0 heterocycles. The minimum Gasteiger partial charge on any atom is -0.379 e. The van der Waals surface area contributed by atoms with E-state index in [2.05, 4.69) is 10.9 Å². The Bertz CT molecular complexity index is 1290. The number of non-ortho nitro benzene ring substituents is 1. The molecule has 0 aliphatic carbocycles. The van der Waals surface area contributed by atoms with Crippen LogP contribution >= 0.6 is 11.6 Å². The third-order valence-electron chi connectivity index (χ3n) is 4.02. The van der Waals surface area contributed by atoms with Gasteiger partial charge in [-0.1, -0.05) is 23.7 Å². The summed E-state index contributed by atoms with van der Waals surface area (Å²) in [6, 6.07) is 15.5. The van der Waals surface area contributed by atoms with Gasteiger partial charge in [-0.3, -0.25) is 30.6 Å². The van der Waals surface area contributed by atoms with Gasteiger partial charge in [-0.25, -0.2) is 0 Å². The zero-order chi connectivity index (χ0) is 23.3. The van der Waals surface area contributed by atoms with Gasteiger partial charge >= 0.3 is 10.1 Å². The topological polar surface area (TPSA) is 145 Å². The van der Waals surface area contributed by atoms with Crippen molar-refractivity contribution in [3.63, 3.8) is 0 Å². The van der Waals surface area contributed by atoms with Gasteiger partial charge in [-0.05, 0) is 48.5 Å². The largest absolute Gasteiger partial charge is 0.379 e. The number of nitrogens with one attached hydrogen (secondary N) is 2. The first kappa shape index (κ1) is 22.7. The number of hydrogen-bond acceptors (Lipinski definition) is 7. The third kappa shape index (κ3) is 5.59. The summed E-state index contributed by atoms with van der Waals surface area (Å²) in [5, 5.41) is 11.2. The lowest BCUT2D eigenvalue weighted by Gasteiger charge is -2.09. The molecule has 0 aromatic heterocycles. The van der Waals surface area contributed by atoms with E-state index in [0.29, 0.717) is 5.02 Å². The Hall–Kier alpha value is -3.96. The number of nitro groups is 1. The van der Waals surface area contributed by atoms with E-state index in [-0.39, 0.29) is 16.9 Å². The molecule has 0 bridgehead atoms. The van der Waals surface area contributed by atoms with E-state index in [9.17, 15) is 28.1 Å². The highest BCUT2D eigenvalue weighted by Crippen LogP contribution is 2.22. The zero-order valence-electron chi connectivity index (χ0n) is 16.0. The van der Waals surface area contributed by atoms with Crippen molar-refractivity contribution in [1.82, 2.24) is 10.9 Å². The molecular formula is C20H14ClN3O7S. The Kier molecular flexibility index (Phi) is 6.71. The van der Waals surface area contributed by atoms with Crippen molar-refractivity contribution in [3.8, 4) is 5.75 Å². The van der Waals surface area contributed by atoms with Crippen LogP contribution in [-0.2, 0) is 10.1 Å². The van der Waals surface area contributed by atoms with Crippen LogP contribution in [-0.4, -0.2) is 25.2 Å². The zero-order valence-corrected chi connectivity index (χ0v) is 17.6. The van der Waals surface area contributed by atoms with Crippen molar-refractivity contribution in [2.45, 2.75) is 4.90 Å². The van der Waals surface area contributed by atoms with Crippen molar-refractivity contribution < 1.29 is 27.1 Å². The molecule has 164 valence electrons. The van der Waals surface area contributed by atoms with E-state index in [0.717, 1.165) is 18.2 Å². The van der Waals surface area contributed by atoms with Crippen molar-refractivity contribution in [3.05, 3.63) is 99.1 Å². The second-order valence-corrected chi connectivity index (χ2v) is 8.22. The van der Waals surface area contributed by atoms with E-state index in [1.807, 2.05) is 0 Å². The van der Waals surface area contributed by atoms with E-state index >= 15 is 0 Å². The molecule has 0 aliphatic heterocycles. The fourth-order valence-electron chi connectivity index (χ4n) is 2.48. The molecule has 0 atom stereocenters. The molecule has 2 amide bonds. The van der Waals surface area contributed by atoms with Gasteiger partial charge in [-0.2, -0.15) is 8.42 Å². The number of carbonyl (C=O) groups excluding carboxylic acids is 2. The number of rotatable bonds is 6. The number of hydrazine groups is 1. The predicted molar refractivity (Wildman–Crippen MR) is 114 cm³/mol. The third-order valence-corrected chi connectivity index (χ3v) is 5.49. The molecular weight excluding hydrogens is 462 g/mol. The number of halogens is 1. The molecule has 0 saturated carbocycles. The molecule has 0 radical (unpaired) electrons. The van der Waals surface area contributed by atoms with Gasteiger partial charge in [0, 0.05) is 28.3 Å². The number of nitro benzene ring substituents is 1. The summed E-state index contributed by atoms with van der Waals surface area (Å²) in [4.78, 5) is 33.9. The highest BCUT2D eigenvalue weighted by Gasteiger charge is 2.20. The van der Waals surface area contributed by atoms with E-state index in [1.54, 1.807) is 12.1 Å². The Balaban J connectivity index is 1.64. The summed E-state index contributed by atoms with van der Waals surface area (Å²) in [5.74, 6) is -1.35. The van der Waals surface area contributed by atoms with Crippen molar-refractivity contribution in [1.29, 1.82) is 0 Å². The molecule has 2 N–H and O–H groups in total. The van der Waals surface area contributed by atoms with E-state index < -0.39 is 37.4 Å². The van der Waals surface area contributed by atoms with Crippen LogP contribution in [0.5, 0.6) is 5.75 Å². The number of carbonyl (C=O) groups is 2. The van der Waals surface area contributed by atoms with Gasteiger partial charge in [0.2, 0.25) is 0 Å². The van der Waals surface area contributed by atoms with Crippen LogP contribution in [0.2, 0.25) is 5.02 Å². The summed E-state index contributed by atoms with van der Waals surface area (Å²) in [7, 11) is -4.33. The maximum Gasteiger partial charge on any atom is 0.339 e. The fourth-order valence-corrected chi connectivity index (χ4v) is 3.64. The standard InChI is InChI=1S/C20H14ClN3O7S/c21-15-4-1-3-14(11-15)20(26)23-22-19(25)13-7-9-17(10-8-13)31-32(29,30)18-6-2-5-16(12-18)24(27)28/h1-12H,(H,22,25)(H,23,26). The molecule has 3 aromatic rings. The van der Waals surface area contributed by atoms with Gasteiger partial charge < -0.3 is 4.18 Å². The molecule has 3 aromatic carbocycles. The molecule has 0 saturated heterocycles. The lowest BCUT2D eigenvalue weighted by atomic mass is 10.2. The molecule has 0 unspecified atom stereocenters. The predicted octanol–water partition coefficient (Wildman–Crippen LogP) is 3.09. The second-order valence-electron chi connectivity index (χ2n) is 6.23. The summed E-state index contributed by atoms with van der Waals surface area (Å²) in [6.45, 7) is 0. The Morgan fingerprint density at radius 1 is 0.875 bits per heavy atom. The highest BCUT2D eigenvalue weighted by molar-refractivity contribution is 7.87. The van der Waals surface area contributed by atoms with E-state index in [1.165, 1.54) is 42.5 Å². The number of amides is 2. The molecule has 10 nitrogen and oxygen atoms in total. The van der Waals surface area contributed by atoms with Gasteiger partial charge in [0.15, 0.2) is 0 Å². The number of nitrogens with zero attached hydrogens (tertiary/aromatic N) is 1. The summed E-state index contributed by atoms with van der Waals surface area (Å²) in [6.07, 6.45) is 0. The minimum absolute atomic E-state index is 0.108. The maximum absolute atomic E-state index is 12.4. The maximum atomic E-state index is 12.4. The van der Waals surface area contributed by atoms with Crippen LogP contribution in [0, 0.1) is 10.1 Å². The van der Waals surface area contributed by atoms with Gasteiger partial charge in [0.1, 0.15) is 10.6 Å². The Morgan fingerprint density at radius 2 is 1.50 bits per heavy atom. The summed E-state index contributed by atoms with van der Waals surface area (Å²) in [5.41, 5.74) is 4.41. The van der Waals surface area contributed by atoms with Crippen LogP contribution in [0.1, 0.15) is 20.7 Å². The summed E-state index contributed by atoms with van der Waals surface area (Å²) < 4.78 is 29.7. The van der Waals surface area contributed by atoms with Crippen molar-refractivity contribution >= 4 is 39.2 Å². The van der Waals surface area contributed by atoms with Crippen LogP contribution in [0.25, 0.3) is 0 Å². The molecule has 12 heteroatoms. The van der Waals surface area contributed by atoms with E-state index in [4.69, 9.17) is 15.8 Å². The average molecular weight is 476 g/mol. The first-order chi connectivity index (χ1) is 15.2. The monoisotopic (exact) mass is 475 g/mol. The SMILES string of the molecule is O=C(NNC(=O)c1cccc(Cl)c1)c1ccc(OS(=O)(=O)c2cccc([N+](=O)[O-])c2)cc1. The Morgan fingerprint density at radius 3 is 2.12 bits per heavy atom. The smallest absolute Gasteiger partial charge is 0.339 e. The van der Waals surface area contributed by atoms with Gasteiger partial charge in [0.25, 0.3) is 17.5 Å². The number of hydrogen-bond donors (Lipinski definition) is 2. The Labute approximate surface area is 187 Å². The minimum atomic E-state index is -4.33. The summed E-state index contributed by atoms with van der Waals surface area (Å²) >= 11 is 5.82. The average Bonchev–Trinajstić information content (AvgIpc) is 2.77. The van der Waals surface area contributed by atoms with Gasteiger partial charge in [-0.15, -0.1) is 0 Å². The molecule has 3 rings (SSSR count). The lowest BCUT2D eigenvalue weighted by molar-refractivity contribution is -0.385. The first-order valence-electron chi connectivity index (χ1n) is 8.81. The fraction of sp³-hybridized carbons (Fsp3) is 0. The van der Waals surface area contributed by atoms with Crippen molar-refractivity contribution in [2.24, 2.45) is 0 Å². The van der Waals surface area contributed by atoms with Crippen molar-refractivity contribution in [2.75, 3.05) is 0 Å². The molecule has 0 spiro atoms. The highest BCUT2D eigenvalue weighted by atomic mass is 35.5. The number of benzene rings is 3. The lowest BCUT2D eigenvalue weighted by Crippen LogP contribution is -2.41.